The van der Waals surface area contributed by atoms with Gasteiger partial charge in [0.25, 0.3) is 11.8 Å². The lowest BCUT2D eigenvalue weighted by molar-refractivity contribution is -0.0757. The smallest absolute Gasteiger partial charge is 0.278 e. The topological polar surface area (TPSA) is 60.9 Å². The summed E-state index contributed by atoms with van der Waals surface area (Å²) < 4.78 is 11.2. The fourth-order valence-corrected chi connectivity index (χ4v) is 1.56. The first-order valence-corrected chi connectivity index (χ1v) is 5.57. The van der Waals surface area contributed by atoms with E-state index in [9.17, 15) is 4.79 Å². The Bertz CT molecular complexity index is 473. The van der Waals surface area contributed by atoms with Gasteiger partial charge < -0.3 is 9.47 Å². The third-order valence-corrected chi connectivity index (χ3v) is 2.57. The Morgan fingerprint density at radius 1 is 1.56 bits per heavy atom. The van der Waals surface area contributed by atoms with Crippen LogP contribution in [0.4, 0.5) is 0 Å². The number of pyridine rings is 1. The summed E-state index contributed by atoms with van der Waals surface area (Å²) in [6, 6.07) is 1.61. The summed E-state index contributed by atoms with van der Waals surface area (Å²) in [5, 5.41) is 1.12. The predicted molar refractivity (Wildman–Crippen MR) is 63.5 cm³/mol. The van der Waals surface area contributed by atoms with Crippen LogP contribution < -0.4 is 9.47 Å². The van der Waals surface area contributed by atoms with Gasteiger partial charge >= 0.3 is 0 Å². The van der Waals surface area contributed by atoms with E-state index in [1.165, 1.54) is 20.4 Å². The van der Waals surface area contributed by atoms with Crippen molar-refractivity contribution in [2.75, 3.05) is 20.8 Å². The van der Waals surface area contributed by atoms with Gasteiger partial charge in [-0.25, -0.2) is 10.0 Å². The number of ether oxygens (including phenoxy) is 2. The molecule has 0 atom stereocenters. The van der Waals surface area contributed by atoms with Crippen LogP contribution in [0, 0.1) is 0 Å². The number of fused-ring (bicyclic) bond motifs is 1. The average Bonchev–Trinajstić information content (AvgIpc) is 2.35. The Kier molecular flexibility index (Phi) is 3.13. The van der Waals surface area contributed by atoms with E-state index >= 15 is 0 Å². The minimum atomic E-state index is -0.427. The van der Waals surface area contributed by atoms with Crippen molar-refractivity contribution in [3.8, 4) is 11.6 Å². The van der Waals surface area contributed by atoms with Crippen molar-refractivity contribution >= 4 is 5.91 Å². The number of rotatable bonds is 2. The summed E-state index contributed by atoms with van der Waals surface area (Å²) in [4.78, 5) is 20.8. The number of aromatic nitrogens is 1. The van der Waals surface area contributed by atoms with E-state index in [0.29, 0.717) is 23.8 Å². The molecule has 6 heteroatoms. The van der Waals surface area contributed by atoms with E-state index in [1.54, 1.807) is 6.07 Å². The first kappa shape index (κ1) is 12.6. The van der Waals surface area contributed by atoms with Crippen molar-refractivity contribution in [1.29, 1.82) is 0 Å². The van der Waals surface area contributed by atoms with Gasteiger partial charge in [-0.1, -0.05) is 0 Å². The molecule has 0 radical (unpaired) electrons. The molecule has 0 N–H and O–H groups in total. The Morgan fingerprint density at radius 3 is 2.94 bits per heavy atom. The zero-order chi connectivity index (χ0) is 13.3. The highest BCUT2D eigenvalue weighted by atomic mass is 16.7. The molecule has 18 heavy (non-hydrogen) atoms. The molecule has 0 bridgehead atoms. The molecule has 0 unspecified atom stereocenters. The highest BCUT2D eigenvalue weighted by molar-refractivity contribution is 5.93. The fraction of sp³-hybridized carbons (Fsp3) is 0.500. The second-order valence-corrected chi connectivity index (χ2v) is 4.66. The summed E-state index contributed by atoms with van der Waals surface area (Å²) >= 11 is 0. The molecule has 6 nitrogen and oxygen atoms in total. The lowest BCUT2D eigenvalue weighted by atomic mass is 10.1. The number of amides is 1. The van der Waals surface area contributed by atoms with E-state index < -0.39 is 5.60 Å². The second kappa shape index (κ2) is 4.45. The fourth-order valence-electron chi connectivity index (χ4n) is 1.56. The second-order valence-electron chi connectivity index (χ2n) is 4.66. The molecule has 0 spiro atoms. The van der Waals surface area contributed by atoms with Crippen LogP contribution in [0.3, 0.4) is 0 Å². The van der Waals surface area contributed by atoms with Gasteiger partial charge in [0, 0.05) is 19.3 Å². The minimum absolute atomic E-state index is 0.292. The molecule has 1 aromatic rings. The van der Waals surface area contributed by atoms with Crippen molar-refractivity contribution in [2.45, 2.75) is 19.4 Å². The highest BCUT2D eigenvalue weighted by Crippen LogP contribution is 2.33. The standard InChI is InChI=1S/C12H16N2O4/c1-12(2)7-17-10-9(18-12)5-8(6-13-10)11(15)14(3)16-4/h5-6H,7H2,1-4H3. The van der Waals surface area contributed by atoms with Gasteiger partial charge in [-0.3, -0.25) is 9.63 Å². The van der Waals surface area contributed by atoms with Gasteiger partial charge in [-0.15, -0.1) is 0 Å². The molecule has 1 aliphatic heterocycles. The summed E-state index contributed by atoms with van der Waals surface area (Å²) in [7, 11) is 2.95. The van der Waals surface area contributed by atoms with Gasteiger partial charge in [-0.05, 0) is 13.8 Å². The molecule has 1 aliphatic rings. The monoisotopic (exact) mass is 252 g/mol. The van der Waals surface area contributed by atoms with Gasteiger partial charge in [0.05, 0.1) is 12.7 Å². The van der Waals surface area contributed by atoms with Crippen LogP contribution in [0.25, 0.3) is 0 Å². The van der Waals surface area contributed by atoms with Crippen molar-refractivity contribution in [3.63, 3.8) is 0 Å². The van der Waals surface area contributed by atoms with Crippen LogP contribution in [0.1, 0.15) is 24.2 Å². The Hall–Kier alpha value is -1.82. The quantitative estimate of drug-likeness (QED) is 0.742. The summed E-state index contributed by atoms with van der Waals surface area (Å²) in [6.07, 6.45) is 1.44. The zero-order valence-corrected chi connectivity index (χ0v) is 10.9. The molecule has 0 saturated carbocycles. The van der Waals surface area contributed by atoms with Crippen LogP contribution >= 0.6 is 0 Å². The Morgan fingerprint density at radius 2 is 2.28 bits per heavy atom. The molecule has 2 heterocycles. The number of hydroxylamine groups is 2. The first-order valence-electron chi connectivity index (χ1n) is 5.57. The zero-order valence-electron chi connectivity index (χ0n) is 10.9. The van der Waals surface area contributed by atoms with Crippen LogP contribution in [0.5, 0.6) is 11.6 Å². The number of nitrogens with zero attached hydrogens (tertiary/aromatic N) is 2. The predicted octanol–water partition coefficient (Wildman–Crippen LogP) is 1.26. The molecule has 1 amide bonds. The number of hydrogen-bond acceptors (Lipinski definition) is 5. The summed E-state index contributed by atoms with van der Waals surface area (Å²) in [5.41, 5.74) is -0.0387. The maximum absolute atomic E-state index is 11.9. The van der Waals surface area contributed by atoms with Gasteiger partial charge in [-0.2, -0.15) is 0 Å². The van der Waals surface area contributed by atoms with Crippen LogP contribution in [0.15, 0.2) is 12.3 Å². The Balaban J connectivity index is 2.29. The van der Waals surface area contributed by atoms with Crippen molar-refractivity contribution in [1.82, 2.24) is 10.0 Å². The van der Waals surface area contributed by atoms with Crippen LogP contribution in [-0.4, -0.2) is 42.3 Å². The van der Waals surface area contributed by atoms with E-state index in [-0.39, 0.29) is 5.91 Å². The highest BCUT2D eigenvalue weighted by Gasteiger charge is 2.29. The maximum Gasteiger partial charge on any atom is 0.278 e. The summed E-state index contributed by atoms with van der Waals surface area (Å²) in [6.45, 7) is 4.25. The lowest BCUT2D eigenvalue weighted by Gasteiger charge is -2.31. The SMILES string of the molecule is CON(C)C(=O)c1cnc2c(c1)OC(C)(C)CO2. The number of carbonyl (C=O) groups excluding carboxylic acids is 1. The van der Waals surface area contributed by atoms with Crippen molar-refractivity contribution in [2.24, 2.45) is 0 Å². The van der Waals surface area contributed by atoms with Gasteiger partial charge in [0.1, 0.15) is 12.2 Å². The molecule has 0 saturated heterocycles. The largest absolute Gasteiger partial charge is 0.479 e. The molecule has 1 aromatic heterocycles. The lowest BCUT2D eigenvalue weighted by Crippen LogP contribution is -2.39. The van der Waals surface area contributed by atoms with E-state index in [0.717, 1.165) is 5.06 Å². The average molecular weight is 252 g/mol. The minimum Gasteiger partial charge on any atom is -0.479 e. The van der Waals surface area contributed by atoms with Crippen molar-refractivity contribution in [3.05, 3.63) is 17.8 Å². The Labute approximate surface area is 105 Å². The summed E-state index contributed by atoms with van der Waals surface area (Å²) in [5.74, 6) is 0.590. The molecule has 0 aromatic carbocycles. The number of hydrogen-bond donors (Lipinski definition) is 0. The first-order chi connectivity index (χ1) is 8.43. The molecule has 0 fully saturated rings. The number of carbonyl (C=O) groups is 1. The molecule has 2 rings (SSSR count). The maximum atomic E-state index is 11.9. The van der Waals surface area contributed by atoms with E-state index in [1.807, 2.05) is 13.8 Å². The van der Waals surface area contributed by atoms with Crippen LogP contribution in [-0.2, 0) is 4.84 Å². The normalized spacial score (nSPS) is 16.2. The van der Waals surface area contributed by atoms with Gasteiger partial charge in [0.2, 0.25) is 0 Å². The molecular formula is C12H16N2O4. The third kappa shape index (κ3) is 2.38. The molecule has 0 aliphatic carbocycles. The molecular weight excluding hydrogens is 236 g/mol. The van der Waals surface area contributed by atoms with E-state index in [4.69, 9.17) is 14.3 Å². The van der Waals surface area contributed by atoms with E-state index in [2.05, 4.69) is 4.98 Å². The van der Waals surface area contributed by atoms with Gasteiger partial charge in [0.15, 0.2) is 5.75 Å². The molecule has 98 valence electrons. The van der Waals surface area contributed by atoms with Crippen molar-refractivity contribution < 1.29 is 19.1 Å². The van der Waals surface area contributed by atoms with Crippen LogP contribution in [0.2, 0.25) is 0 Å². The third-order valence-electron chi connectivity index (χ3n) is 2.57.